The zero-order valence-corrected chi connectivity index (χ0v) is 10.0. The lowest BCUT2D eigenvalue weighted by atomic mass is 10.1. The van der Waals surface area contributed by atoms with Crippen LogP contribution >= 0.6 is 0 Å². The molecule has 0 saturated carbocycles. The van der Waals surface area contributed by atoms with Crippen LogP contribution in [0.5, 0.6) is 0 Å². The van der Waals surface area contributed by atoms with Gasteiger partial charge in [-0.1, -0.05) is 5.21 Å². The average molecular weight is 232 g/mol. The molecular formula is C12H16N4O. The van der Waals surface area contributed by atoms with Crippen molar-refractivity contribution in [1.29, 1.82) is 0 Å². The van der Waals surface area contributed by atoms with E-state index >= 15 is 0 Å². The fourth-order valence-corrected chi connectivity index (χ4v) is 1.48. The van der Waals surface area contributed by atoms with Crippen molar-refractivity contribution in [3.05, 3.63) is 42.0 Å². The molecule has 0 spiro atoms. The van der Waals surface area contributed by atoms with Crippen molar-refractivity contribution in [2.24, 2.45) is 0 Å². The average Bonchev–Trinajstić information content (AvgIpc) is 2.76. The molecule has 0 aliphatic rings. The second-order valence-corrected chi connectivity index (χ2v) is 4.53. The first-order valence-electron chi connectivity index (χ1n) is 5.57. The van der Waals surface area contributed by atoms with Crippen LogP contribution in [0.1, 0.15) is 25.1 Å². The SMILES string of the molecule is CC(C)(O)c1cn(CCc2ccncc2)nn1. The minimum absolute atomic E-state index is 0.590. The Morgan fingerprint density at radius 1 is 1.29 bits per heavy atom. The van der Waals surface area contributed by atoms with Crippen LogP contribution in [-0.4, -0.2) is 25.1 Å². The Labute approximate surface area is 100 Å². The van der Waals surface area contributed by atoms with E-state index in [1.54, 1.807) is 37.1 Å². The van der Waals surface area contributed by atoms with E-state index in [4.69, 9.17) is 0 Å². The second kappa shape index (κ2) is 4.63. The molecular weight excluding hydrogens is 216 g/mol. The van der Waals surface area contributed by atoms with Gasteiger partial charge in [0, 0.05) is 18.9 Å². The lowest BCUT2D eigenvalue weighted by Crippen LogP contribution is -2.15. The van der Waals surface area contributed by atoms with Crippen LogP contribution < -0.4 is 0 Å². The summed E-state index contributed by atoms with van der Waals surface area (Å²) < 4.78 is 1.74. The molecule has 17 heavy (non-hydrogen) atoms. The maximum atomic E-state index is 9.76. The predicted octanol–water partition coefficient (Wildman–Crippen LogP) is 1.14. The van der Waals surface area contributed by atoms with Crippen LogP contribution in [0.3, 0.4) is 0 Å². The van der Waals surface area contributed by atoms with Crippen molar-refractivity contribution in [2.75, 3.05) is 0 Å². The molecule has 0 bridgehead atoms. The van der Waals surface area contributed by atoms with Crippen molar-refractivity contribution < 1.29 is 5.11 Å². The summed E-state index contributed by atoms with van der Waals surface area (Å²) in [5.74, 6) is 0. The van der Waals surface area contributed by atoms with Gasteiger partial charge in [-0.15, -0.1) is 5.10 Å². The number of rotatable bonds is 4. The van der Waals surface area contributed by atoms with Gasteiger partial charge in [0.1, 0.15) is 11.3 Å². The summed E-state index contributed by atoms with van der Waals surface area (Å²) in [6.45, 7) is 4.14. The van der Waals surface area contributed by atoms with E-state index in [-0.39, 0.29) is 0 Å². The highest BCUT2D eigenvalue weighted by Crippen LogP contribution is 2.15. The molecule has 2 heterocycles. The molecule has 1 N–H and O–H groups in total. The summed E-state index contributed by atoms with van der Waals surface area (Å²) in [6, 6.07) is 3.96. The van der Waals surface area contributed by atoms with E-state index in [1.165, 1.54) is 5.56 Å². The molecule has 90 valence electrons. The van der Waals surface area contributed by atoms with E-state index in [0.717, 1.165) is 13.0 Å². The quantitative estimate of drug-likeness (QED) is 0.858. The molecule has 0 aromatic carbocycles. The first kappa shape index (κ1) is 11.7. The van der Waals surface area contributed by atoms with Gasteiger partial charge in [-0.05, 0) is 38.0 Å². The summed E-state index contributed by atoms with van der Waals surface area (Å²) in [7, 11) is 0. The van der Waals surface area contributed by atoms with Crippen molar-refractivity contribution in [3.63, 3.8) is 0 Å². The Hall–Kier alpha value is -1.75. The van der Waals surface area contributed by atoms with E-state index in [1.807, 2.05) is 12.1 Å². The number of hydrogen-bond donors (Lipinski definition) is 1. The lowest BCUT2D eigenvalue weighted by molar-refractivity contribution is 0.0737. The molecule has 0 aliphatic carbocycles. The zero-order chi connectivity index (χ0) is 12.3. The van der Waals surface area contributed by atoms with Crippen molar-refractivity contribution >= 4 is 0 Å². The van der Waals surface area contributed by atoms with Crippen molar-refractivity contribution in [1.82, 2.24) is 20.0 Å². The van der Waals surface area contributed by atoms with Gasteiger partial charge in [-0.3, -0.25) is 9.67 Å². The van der Waals surface area contributed by atoms with Gasteiger partial charge in [0.05, 0.1) is 6.20 Å². The van der Waals surface area contributed by atoms with Gasteiger partial charge in [0.25, 0.3) is 0 Å². The molecule has 0 amide bonds. The minimum Gasteiger partial charge on any atom is -0.384 e. The van der Waals surface area contributed by atoms with Gasteiger partial charge in [0.2, 0.25) is 0 Å². The third-order valence-corrected chi connectivity index (χ3v) is 2.54. The molecule has 0 fully saturated rings. The smallest absolute Gasteiger partial charge is 0.114 e. The number of aliphatic hydroxyl groups is 1. The maximum Gasteiger partial charge on any atom is 0.114 e. The third-order valence-electron chi connectivity index (χ3n) is 2.54. The Morgan fingerprint density at radius 3 is 2.59 bits per heavy atom. The molecule has 0 unspecified atom stereocenters. The molecule has 2 rings (SSSR count). The molecule has 0 saturated heterocycles. The lowest BCUT2D eigenvalue weighted by Gasteiger charge is -2.11. The molecule has 5 nitrogen and oxygen atoms in total. The number of hydrogen-bond acceptors (Lipinski definition) is 4. The summed E-state index contributed by atoms with van der Waals surface area (Å²) >= 11 is 0. The highest BCUT2D eigenvalue weighted by molar-refractivity contribution is 5.09. The number of nitrogens with zero attached hydrogens (tertiary/aromatic N) is 4. The van der Waals surface area contributed by atoms with Gasteiger partial charge < -0.3 is 5.11 Å². The van der Waals surface area contributed by atoms with Crippen LogP contribution in [0.15, 0.2) is 30.7 Å². The zero-order valence-electron chi connectivity index (χ0n) is 10.0. The van der Waals surface area contributed by atoms with Crippen molar-refractivity contribution in [3.8, 4) is 0 Å². The topological polar surface area (TPSA) is 63.8 Å². The number of aromatic nitrogens is 4. The molecule has 0 aliphatic heterocycles. The van der Waals surface area contributed by atoms with Crippen molar-refractivity contribution in [2.45, 2.75) is 32.4 Å². The Bertz CT molecular complexity index is 473. The van der Waals surface area contributed by atoms with Gasteiger partial charge >= 0.3 is 0 Å². The first-order chi connectivity index (χ1) is 8.05. The molecule has 2 aromatic heterocycles. The summed E-state index contributed by atoms with van der Waals surface area (Å²) in [5, 5.41) is 17.7. The highest BCUT2D eigenvalue weighted by atomic mass is 16.3. The standard InChI is InChI=1S/C12H16N4O/c1-12(2,17)11-9-16(15-14-11)8-5-10-3-6-13-7-4-10/h3-4,6-7,9,17H,5,8H2,1-2H3. The van der Waals surface area contributed by atoms with Crippen LogP contribution in [0.2, 0.25) is 0 Å². The summed E-state index contributed by atoms with van der Waals surface area (Å²) in [4.78, 5) is 3.97. The van der Waals surface area contributed by atoms with Crippen LogP contribution in [0.4, 0.5) is 0 Å². The summed E-state index contributed by atoms with van der Waals surface area (Å²) in [6.07, 6.45) is 6.20. The Morgan fingerprint density at radius 2 is 2.00 bits per heavy atom. The van der Waals surface area contributed by atoms with E-state index in [0.29, 0.717) is 5.69 Å². The highest BCUT2D eigenvalue weighted by Gasteiger charge is 2.19. The molecule has 0 atom stereocenters. The van der Waals surface area contributed by atoms with Crippen LogP contribution in [-0.2, 0) is 18.6 Å². The van der Waals surface area contributed by atoms with Gasteiger partial charge in [0.15, 0.2) is 0 Å². The number of aryl methyl sites for hydroxylation is 2. The van der Waals surface area contributed by atoms with Gasteiger partial charge in [-0.2, -0.15) is 0 Å². The Kier molecular flexibility index (Phi) is 3.19. The molecule has 2 aromatic rings. The predicted molar refractivity (Wildman–Crippen MR) is 63.2 cm³/mol. The third kappa shape index (κ3) is 3.10. The van der Waals surface area contributed by atoms with Crippen LogP contribution in [0, 0.1) is 0 Å². The Balaban J connectivity index is 1.99. The van der Waals surface area contributed by atoms with Crippen LogP contribution in [0.25, 0.3) is 0 Å². The fraction of sp³-hybridized carbons (Fsp3) is 0.417. The molecule has 0 radical (unpaired) electrons. The monoisotopic (exact) mass is 232 g/mol. The number of pyridine rings is 1. The van der Waals surface area contributed by atoms with E-state index in [2.05, 4.69) is 15.3 Å². The normalized spacial score (nSPS) is 11.7. The van der Waals surface area contributed by atoms with Gasteiger partial charge in [-0.25, -0.2) is 0 Å². The largest absolute Gasteiger partial charge is 0.384 e. The van der Waals surface area contributed by atoms with E-state index < -0.39 is 5.60 Å². The molecule has 5 heteroatoms. The summed E-state index contributed by atoms with van der Waals surface area (Å²) in [5.41, 5.74) is 0.863. The maximum absolute atomic E-state index is 9.76. The minimum atomic E-state index is -0.936. The second-order valence-electron chi connectivity index (χ2n) is 4.53. The fourth-order valence-electron chi connectivity index (χ4n) is 1.48. The first-order valence-corrected chi connectivity index (χ1v) is 5.57. The van der Waals surface area contributed by atoms with E-state index in [9.17, 15) is 5.11 Å².